The van der Waals surface area contributed by atoms with Crippen LogP contribution in [-0.2, 0) is 0 Å². The summed E-state index contributed by atoms with van der Waals surface area (Å²) in [6, 6.07) is 5.46. The number of hydrogen-bond acceptors (Lipinski definition) is 5. The highest BCUT2D eigenvalue weighted by atomic mass is 32.2. The van der Waals surface area contributed by atoms with Crippen molar-refractivity contribution in [2.45, 2.75) is 42.7 Å². The first-order valence-electron chi connectivity index (χ1n) is 8.69. The fourth-order valence-corrected chi connectivity index (χ4v) is 3.51. The van der Waals surface area contributed by atoms with Gasteiger partial charge in [-0.15, -0.1) is 11.8 Å². The normalized spacial score (nSPS) is 19.6. The molecule has 0 saturated heterocycles. The number of thioether (sulfide) groups is 1. The van der Waals surface area contributed by atoms with Crippen LogP contribution in [0.2, 0.25) is 0 Å². The molecule has 1 aromatic heterocycles. The molecule has 3 N–H and O–H groups in total. The minimum Gasteiger partial charge on any atom is -0.438 e. The second-order valence-electron chi connectivity index (χ2n) is 6.49. The Bertz CT molecular complexity index is 827. The van der Waals surface area contributed by atoms with Gasteiger partial charge in [0.25, 0.3) is 5.91 Å². The van der Waals surface area contributed by atoms with Crippen LogP contribution in [0.25, 0.3) is 0 Å². The second kappa shape index (κ2) is 8.67. The van der Waals surface area contributed by atoms with E-state index in [0.29, 0.717) is 10.6 Å². The number of benzene rings is 1. The van der Waals surface area contributed by atoms with Crippen molar-refractivity contribution < 1.29 is 18.3 Å². The van der Waals surface area contributed by atoms with E-state index in [4.69, 9.17) is 10.5 Å². The molecule has 0 bridgehead atoms. The lowest BCUT2D eigenvalue weighted by Crippen LogP contribution is -2.40. The third kappa shape index (κ3) is 4.95. The van der Waals surface area contributed by atoms with Crippen LogP contribution in [0.4, 0.5) is 8.78 Å². The number of carbonyl (C=O) groups is 1. The number of rotatable bonds is 5. The first kappa shape index (κ1) is 19.6. The fraction of sp³-hybridized carbons (Fsp3) is 0.368. The molecule has 144 valence electrons. The molecule has 0 atom stereocenters. The van der Waals surface area contributed by atoms with E-state index in [1.54, 1.807) is 6.26 Å². The van der Waals surface area contributed by atoms with Crippen molar-refractivity contribution in [2.24, 2.45) is 5.73 Å². The first-order chi connectivity index (χ1) is 13.0. The summed E-state index contributed by atoms with van der Waals surface area (Å²) >= 11 is 1.23. The molecule has 8 heteroatoms. The van der Waals surface area contributed by atoms with E-state index in [0.717, 1.165) is 37.9 Å². The topological polar surface area (TPSA) is 77.2 Å². The number of aromatic nitrogens is 1. The highest BCUT2D eigenvalue weighted by molar-refractivity contribution is 7.98. The van der Waals surface area contributed by atoms with Gasteiger partial charge in [-0.05, 0) is 56.2 Å². The van der Waals surface area contributed by atoms with Crippen molar-refractivity contribution in [1.82, 2.24) is 10.3 Å². The largest absolute Gasteiger partial charge is 0.438 e. The minimum atomic E-state index is -0.637. The van der Waals surface area contributed by atoms with Crippen LogP contribution >= 0.6 is 11.8 Å². The molecule has 0 unspecified atom stereocenters. The van der Waals surface area contributed by atoms with Crippen molar-refractivity contribution >= 4 is 17.7 Å². The molecule has 2 aromatic rings. The average Bonchev–Trinajstić information content (AvgIpc) is 2.66. The Kier molecular flexibility index (Phi) is 6.28. The lowest BCUT2D eigenvalue weighted by Gasteiger charge is -2.27. The molecule has 1 aliphatic rings. The molecule has 1 aromatic carbocycles. The number of carbonyl (C=O) groups excluding carboxylic acids is 1. The van der Waals surface area contributed by atoms with Gasteiger partial charge in [-0.2, -0.15) is 0 Å². The lowest BCUT2D eigenvalue weighted by atomic mass is 9.91. The highest BCUT2D eigenvalue weighted by Gasteiger charge is 2.23. The van der Waals surface area contributed by atoms with Gasteiger partial charge >= 0.3 is 0 Å². The third-order valence-electron chi connectivity index (χ3n) is 4.51. The summed E-state index contributed by atoms with van der Waals surface area (Å²) < 4.78 is 33.0. The van der Waals surface area contributed by atoms with Crippen molar-refractivity contribution in [1.29, 1.82) is 0 Å². The molecule has 0 aliphatic heterocycles. The molecule has 1 fully saturated rings. The lowest BCUT2D eigenvalue weighted by molar-refractivity contribution is 0.0922. The van der Waals surface area contributed by atoms with E-state index in [2.05, 4.69) is 10.3 Å². The summed E-state index contributed by atoms with van der Waals surface area (Å²) in [6.07, 6.45) is 5.95. The third-order valence-corrected chi connectivity index (χ3v) is 5.26. The van der Waals surface area contributed by atoms with Gasteiger partial charge in [0.1, 0.15) is 22.9 Å². The van der Waals surface area contributed by atoms with Gasteiger partial charge in [-0.25, -0.2) is 13.8 Å². The van der Waals surface area contributed by atoms with E-state index in [1.807, 2.05) is 0 Å². The first-order valence-corrected chi connectivity index (χ1v) is 9.92. The Hall–Kier alpha value is -2.19. The Balaban J connectivity index is 1.79. The van der Waals surface area contributed by atoms with Crippen LogP contribution in [0.5, 0.6) is 11.6 Å². The Morgan fingerprint density at radius 3 is 2.70 bits per heavy atom. The van der Waals surface area contributed by atoms with Crippen LogP contribution in [0, 0.1) is 11.6 Å². The molecular formula is C19H21F2N3O2S. The van der Waals surface area contributed by atoms with E-state index < -0.39 is 11.7 Å². The predicted molar refractivity (Wildman–Crippen MR) is 100 cm³/mol. The summed E-state index contributed by atoms with van der Waals surface area (Å²) in [7, 11) is 0. The van der Waals surface area contributed by atoms with Gasteiger partial charge < -0.3 is 15.8 Å². The van der Waals surface area contributed by atoms with E-state index >= 15 is 0 Å². The highest BCUT2D eigenvalue weighted by Crippen LogP contribution is 2.29. The summed E-state index contributed by atoms with van der Waals surface area (Å²) in [5.74, 6) is -1.17. The van der Waals surface area contributed by atoms with Gasteiger partial charge in [0.15, 0.2) is 0 Å². The SMILES string of the molecule is CSc1cc(Oc2ncc(F)cc2C(=O)N[C@H]2CC[C@@H](N)CC2)ccc1F. The smallest absolute Gasteiger partial charge is 0.257 e. The number of ether oxygens (including phenoxy) is 1. The zero-order valence-electron chi connectivity index (χ0n) is 14.9. The van der Waals surface area contributed by atoms with Gasteiger partial charge in [-0.1, -0.05) is 0 Å². The van der Waals surface area contributed by atoms with E-state index in [-0.39, 0.29) is 29.3 Å². The monoisotopic (exact) mass is 393 g/mol. The van der Waals surface area contributed by atoms with Crippen molar-refractivity contribution in [2.75, 3.05) is 6.26 Å². The number of halogens is 2. The number of amides is 1. The number of nitrogens with one attached hydrogen (secondary N) is 1. The zero-order chi connectivity index (χ0) is 19.4. The maximum atomic E-state index is 13.7. The molecule has 1 amide bonds. The van der Waals surface area contributed by atoms with Crippen molar-refractivity contribution in [3.8, 4) is 11.6 Å². The molecule has 0 radical (unpaired) electrons. The summed E-state index contributed by atoms with van der Waals surface area (Å²) in [5.41, 5.74) is 5.88. The number of nitrogens with two attached hydrogens (primary N) is 1. The fourth-order valence-electron chi connectivity index (χ4n) is 3.01. The summed E-state index contributed by atoms with van der Waals surface area (Å²) in [4.78, 5) is 16.9. The average molecular weight is 393 g/mol. The predicted octanol–water partition coefficient (Wildman–Crippen LogP) is 3.87. The van der Waals surface area contributed by atoms with Crippen molar-refractivity contribution in [3.05, 3.63) is 47.7 Å². The van der Waals surface area contributed by atoms with Gasteiger partial charge in [0, 0.05) is 17.0 Å². The van der Waals surface area contributed by atoms with Crippen LogP contribution in [0.3, 0.4) is 0 Å². The van der Waals surface area contributed by atoms with Crippen LogP contribution in [0.15, 0.2) is 35.4 Å². The second-order valence-corrected chi connectivity index (χ2v) is 7.34. The number of hydrogen-bond donors (Lipinski definition) is 2. The maximum Gasteiger partial charge on any atom is 0.257 e. The van der Waals surface area contributed by atoms with Gasteiger partial charge in [0.2, 0.25) is 5.88 Å². The summed E-state index contributed by atoms with van der Waals surface area (Å²) in [6.45, 7) is 0. The van der Waals surface area contributed by atoms with Gasteiger partial charge in [-0.3, -0.25) is 4.79 Å². The minimum absolute atomic E-state index is 0.0000940. The summed E-state index contributed by atoms with van der Waals surface area (Å²) in [5, 5.41) is 2.90. The standard InChI is InChI=1S/C19H21F2N3O2S/c1-27-17-9-14(6-7-16(17)21)26-19-15(8-11(20)10-23-19)18(25)24-13-4-2-12(22)3-5-13/h6-10,12-13H,2-5,22H2,1H3,(H,24,25)/t12-,13+. The van der Waals surface area contributed by atoms with Crippen LogP contribution in [0.1, 0.15) is 36.0 Å². The van der Waals surface area contributed by atoms with E-state index in [9.17, 15) is 13.6 Å². The maximum absolute atomic E-state index is 13.7. The molecule has 27 heavy (non-hydrogen) atoms. The molecular weight excluding hydrogens is 372 g/mol. The Morgan fingerprint density at radius 1 is 1.26 bits per heavy atom. The molecule has 1 aliphatic carbocycles. The Morgan fingerprint density at radius 2 is 2.00 bits per heavy atom. The number of pyridine rings is 1. The molecule has 0 spiro atoms. The van der Waals surface area contributed by atoms with Crippen molar-refractivity contribution in [3.63, 3.8) is 0 Å². The quantitative estimate of drug-likeness (QED) is 0.754. The number of nitrogens with zero attached hydrogens (tertiary/aromatic N) is 1. The van der Waals surface area contributed by atoms with Crippen LogP contribution < -0.4 is 15.8 Å². The molecule has 3 rings (SSSR count). The van der Waals surface area contributed by atoms with Crippen LogP contribution in [-0.4, -0.2) is 29.2 Å². The molecule has 5 nitrogen and oxygen atoms in total. The van der Waals surface area contributed by atoms with Gasteiger partial charge in [0.05, 0.1) is 6.20 Å². The molecule has 1 heterocycles. The van der Waals surface area contributed by atoms with E-state index in [1.165, 1.54) is 30.0 Å². The molecule has 1 saturated carbocycles. The Labute approximate surface area is 160 Å². The zero-order valence-corrected chi connectivity index (χ0v) is 15.7.